The molecule has 4 heteroatoms. The number of ether oxygens (including phenoxy) is 1. The molecule has 1 N–H and O–H groups in total. The van der Waals surface area contributed by atoms with Crippen LogP contribution < -0.4 is 4.74 Å². The van der Waals surface area contributed by atoms with Gasteiger partial charge in [-0.05, 0) is 49.2 Å². The Kier molecular flexibility index (Phi) is 4.93. The van der Waals surface area contributed by atoms with Crippen LogP contribution in [0.5, 0.6) is 11.5 Å². The van der Waals surface area contributed by atoms with Gasteiger partial charge < -0.3 is 9.84 Å². The van der Waals surface area contributed by atoms with Gasteiger partial charge in [0.05, 0.1) is 5.92 Å². The molecule has 0 spiro atoms. The lowest BCUT2D eigenvalue weighted by Crippen LogP contribution is -2.38. The lowest BCUT2D eigenvalue weighted by atomic mass is 9.98. The van der Waals surface area contributed by atoms with Crippen molar-refractivity contribution >= 4 is 5.97 Å². The van der Waals surface area contributed by atoms with E-state index in [0.29, 0.717) is 6.54 Å². The summed E-state index contributed by atoms with van der Waals surface area (Å²) in [6, 6.07) is 17.7. The number of piperidine rings is 1. The molecule has 1 heterocycles. The van der Waals surface area contributed by atoms with Crippen LogP contribution in [0.3, 0.4) is 0 Å². The van der Waals surface area contributed by atoms with Gasteiger partial charge in [0, 0.05) is 13.1 Å². The second-order valence-electron chi connectivity index (χ2n) is 5.98. The maximum Gasteiger partial charge on any atom is 0.307 e. The molecule has 1 saturated heterocycles. The predicted molar refractivity (Wildman–Crippen MR) is 88.6 cm³/mol. The number of hydrogen-bond donors (Lipinski definition) is 1. The van der Waals surface area contributed by atoms with Gasteiger partial charge in [0.15, 0.2) is 0 Å². The van der Waals surface area contributed by atoms with Crippen molar-refractivity contribution in [3.05, 3.63) is 60.2 Å². The van der Waals surface area contributed by atoms with Crippen LogP contribution in [-0.4, -0.2) is 29.1 Å². The number of para-hydroxylation sites is 1. The van der Waals surface area contributed by atoms with Gasteiger partial charge in [-0.15, -0.1) is 0 Å². The summed E-state index contributed by atoms with van der Waals surface area (Å²) >= 11 is 0. The Labute approximate surface area is 136 Å². The van der Waals surface area contributed by atoms with Crippen LogP contribution in [0.15, 0.2) is 54.6 Å². The number of hydrogen-bond acceptors (Lipinski definition) is 3. The Morgan fingerprint density at radius 3 is 2.70 bits per heavy atom. The van der Waals surface area contributed by atoms with Gasteiger partial charge in [0.2, 0.25) is 0 Å². The van der Waals surface area contributed by atoms with E-state index in [-0.39, 0.29) is 5.92 Å². The molecule has 120 valence electrons. The first-order valence-electron chi connectivity index (χ1n) is 7.98. The van der Waals surface area contributed by atoms with E-state index in [2.05, 4.69) is 11.0 Å². The van der Waals surface area contributed by atoms with Crippen molar-refractivity contribution < 1.29 is 14.6 Å². The normalized spacial score (nSPS) is 18.5. The number of benzene rings is 2. The molecule has 4 nitrogen and oxygen atoms in total. The fourth-order valence-electron chi connectivity index (χ4n) is 2.99. The number of carboxylic acid groups (broad SMARTS) is 1. The smallest absolute Gasteiger partial charge is 0.307 e. The Balaban J connectivity index is 1.64. The highest BCUT2D eigenvalue weighted by molar-refractivity contribution is 5.70. The zero-order chi connectivity index (χ0) is 16.1. The number of aliphatic carboxylic acids is 1. The van der Waals surface area contributed by atoms with Crippen LogP contribution >= 0.6 is 0 Å². The molecule has 1 aliphatic heterocycles. The molecular formula is C19H21NO3. The maximum absolute atomic E-state index is 11.2. The minimum Gasteiger partial charge on any atom is -0.481 e. The summed E-state index contributed by atoms with van der Waals surface area (Å²) in [6.07, 6.45) is 1.72. The molecule has 1 unspecified atom stereocenters. The van der Waals surface area contributed by atoms with Gasteiger partial charge in [0.25, 0.3) is 0 Å². The van der Waals surface area contributed by atoms with Crippen LogP contribution in [0.25, 0.3) is 0 Å². The van der Waals surface area contributed by atoms with E-state index < -0.39 is 5.97 Å². The van der Waals surface area contributed by atoms with Crippen LogP contribution in [0.1, 0.15) is 18.4 Å². The minimum absolute atomic E-state index is 0.243. The SMILES string of the molecule is O=C(O)C1CCCN(Cc2cccc(Oc3ccccc3)c2)C1. The Morgan fingerprint density at radius 1 is 1.13 bits per heavy atom. The van der Waals surface area contributed by atoms with Gasteiger partial charge in [-0.3, -0.25) is 9.69 Å². The Hall–Kier alpha value is -2.33. The summed E-state index contributed by atoms with van der Waals surface area (Å²) < 4.78 is 5.85. The average Bonchev–Trinajstić information content (AvgIpc) is 2.56. The fraction of sp³-hybridized carbons (Fsp3) is 0.316. The van der Waals surface area contributed by atoms with Crippen molar-refractivity contribution in [2.45, 2.75) is 19.4 Å². The molecule has 3 rings (SSSR count). The third-order valence-corrected chi connectivity index (χ3v) is 4.14. The summed E-state index contributed by atoms with van der Waals surface area (Å²) in [5.74, 6) is 0.692. The van der Waals surface area contributed by atoms with Gasteiger partial charge in [-0.25, -0.2) is 0 Å². The van der Waals surface area contributed by atoms with Crippen LogP contribution in [0.4, 0.5) is 0 Å². The second kappa shape index (κ2) is 7.29. The van der Waals surface area contributed by atoms with Gasteiger partial charge in [-0.1, -0.05) is 30.3 Å². The molecule has 2 aromatic rings. The first-order chi connectivity index (χ1) is 11.2. The number of likely N-dealkylation sites (tertiary alicyclic amines) is 1. The molecule has 0 aromatic heterocycles. The van der Waals surface area contributed by atoms with Crippen molar-refractivity contribution in [3.63, 3.8) is 0 Å². The summed E-state index contributed by atoms with van der Waals surface area (Å²) in [6.45, 7) is 2.34. The first kappa shape index (κ1) is 15.6. The van der Waals surface area contributed by atoms with E-state index in [1.165, 1.54) is 0 Å². The summed E-state index contributed by atoms with van der Waals surface area (Å²) in [4.78, 5) is 13.4. The van der Waals surface area contributed by atoms with Gasteiger partial charge in [0.1, 0.15) is 11.5 Å². The standard InChI is InChI=1S/C19H21NO3/c21-19(22)16-7-5-11-20(14-16)13-15-6-4-10-18(12-15)23-17-8-2-1-3-9-17/h1-4,6,8-10,12,16H,5,7,11,13-14H2,(H,21,22). The van der Waals surface area contributed by atoms with Crippen molar-refractivity contribution in [1.29, 1.82) is 0 Å². The fourth-order valence-corrected chi connectivity index (χ4v) is 2.99. The zero-order valence-electron chi connectivity index (χ0n) is 13.0. The Bertz CT molecular complexity index is 657. The van der Waals surface area contributed by atoms with Gasteiger partial charge >= 0.3 is 5.97 Å². The summed E-state index contributed by atoms with van der Waals surface area (Å²) in [5.41, 5.74) is 1.14. The molecule has 0 radical (unpaired) electrons. The quantitative estimate of drug-likeness (QED) is 0.913. The number of carbonyl (C=O) groups is 1. The summed E-state index contributed by atoms with van der Waals surface area (Å²) in [5, 5.41) is 9.18. The van der Waals surface area contributed by atoms with E-state index >= 15 is 0 Å². The average molecular weight is 311 g/mol. The van der Waals surface area contributed by atoms with E-state index in [4.69, 9.17) is 4.74 Å². The van der Waals surface area contributed by atoms with Crippen LogP contribution in [-0.2, 0) is 11.3 Å². The Morgan fingerprint density at radius 2 is 1.91 bits per heavy atom. The second-order valence-corrected chi connectivity index (χ2v) is 5.98. The van der Waals surface area contributed by atoms with E-state index in [0.717, 1.165) is 43.0 Å². The third kappa shape index (κ3) is 4.33. The molecule has 0 aliphatic carbocycles. The highest BCUT2D eigenvalue weighted by Crippen LogP contribution is 2.24. The molecule has 1 atom stereocenters. The molecule has 0 amide bonds. The number of nitrogens with zero attached hydrogens (tertiary/aromatic N) is 1. The number of rotatable bonds is 5. The number of carboxylic acids is 1. The highest BCUT2D eigenvalue weighted by Gasteiger charge is 2.25. The highest BCUT2D eigenvalue weighted by atomic mass is 16.5. The molecule has 2 aromatic carbocycles. The van der Waals surface area contributed by atoms with Crippen molar-refractivity contribution in [2.24, 2.45) is 5.92 Å². The molecule has 23 heavy (non-hydrogen) atoms. The monoisotopic (exact) mass is 311 g/mol. The van der Waals surface area contributed by atoms with Crippen LogP contribution in [0, 0.1) is 5.92 Å². The van der Waals surface area contributed by atoms with Crippen LogP contribution in [0.2, 0.25) is 0 Å². The van der Waals surface area contributed by atoms with Crippen molar-refractivity contribution in [2.75, 3.05) is 13.1 Å². The molecule has 1 aliphatic rings. The molecule has 0 saturated carbocycles. The van der Waals surface area contributed by atoms with Gasteiger partial charge in [-0.2, -0.15) is 0 Å². The largest absolute Gasteiger partial charge is 0.481 e. The predicted octanol–water partition coefficient (Wildman–Crippen LogP) is 3.78. The van der Waals surface area contributed by atoms with Crippen molar-refractivity contribution in [1.82, 2.24) is 4.90 Å². The topological polar surface area (TPSA) is 49.8 Å². The zero-order valence-corrected chi connectivity index (χ0v) is 13.0. The van der Waals surface area contributed by atoms with E-state index in [1.807, 2.05) is 48.5 Å². The molecule has 0 bridgehead atoms. The van der Waals surface area contributed by atoms with Crippen molar-refractivity contribution in [3.8, 4) is 11.5 Å². The lowest BCUT2D eigenvalue weighted by molar-refractivity contribution is -0.143. The molecular weight excluding hydrogens is 290 g/mol. The maximum atomic E-state index is 11.2. The summed E-state index contributed by atoms with van der Waals surface area (Å²) in [7, 11) is 0. The lowest BCUT2D eigenvalue weighted by Gasteiger charge is -2.30. The molecule has 1 fully saturated rings. The minimum atomic E-state index is -0.684. The first-order valence-corrected chi connectivity index (χ1v) is 7.98. The van der Waals surface area contributed by atoms with E-state index in [1.54, 1.807) is 0 Å². The third-order valence-electron chi connectivity index (χ3n) is 4.14. The van der Waals surface area contributed by atoms with E-state index in [9.17, 15) is 9.90 Å².